The van der Waals surface area contributed by atoms with Crippen molar-refractivity contribution in [2.45, 2.75) is 0 Å². The number of fused-ring (bicyclic) bond motifs is 1. The van der Waals surface area contributed by atoms with Gasteiger partial charge in [0, 0.05) is 0 Å². The second kappa shape index (κ2) is 2.45. The lowest BCUT2D eigenvalue weighted by Crippen LogP contribution is -1.95. The summed E-state index contributed by atoms with van der Waals surface area (Å²) < 4.78 is 22.1. The predicted molar refractivity (Wildman–Crippen MR) is 39.0 cm³/mol. The van der Waals surface area contributed by atoms with Crippen LogP contribution in [0.5, 0.6) is 0 Å². The summed E-state index contributed by atoms with van der Waals surface area (Å²) in [4.78, 5) is 11.2. The second-order valence-electron chi connectivity index (χ2n) is 2.02. The highest BCUT2D eigenvalue weighted by Crippen LogP contribution is 2.26. The Morgan fingerprint density at radius 2 is 2.25 bits per heavy atom. The minimum absolute atomic E-state index is 0.370. The molecule has 1 aliphatic heterocycles. The van der Waals surface area contributed by atoms with Crippen molar-refractivity contribution < 1.29 is 12.4 Å². The van der Waals surface area contributed by atoms with Gasteiger partial charge in [0.1, 0.15) is 6.33 Å². The molecule has 0 radical (unpaired) electrons. The maximum absolute atomic E-state index is 10.5. The average molecular weight is 183 g/mol. The van der Waals surface area contributed by atoms with Crippen LogP contribution in [-0.2, 0) is 10.5 Å². The van der Waals surface area contributed by atoms with Crippen LogP contribution >= 0.6 is 0 Å². The quantitative estimate of drug-likeness (QED) is 0.524. The molecule has 0 saturated carbocycles. The summed E-state index contributed by atoms with van der Waals surface area (Å²) in [5, 5.41) is 0. The normalized spacial score (nSPS) is 13.2. The van der Waals surface area contributed by atoms with E-state index < -0.39 is 10.5 Å². The molecule has 1 aromatic rings. The summed E-state index contributed by atoms with van der Waals surface area (Å²) in [6.45, 7) is 0. The van der Waals surface area contributed by atoms with Gasteiger partial charge in [0.05, 0.1) is 6.20 Å². The molecular weight excluding hydrogens is 180 g/mol. The highest BCUT2D eigenvalue weighted by molar-refractivity contribution is 7.59. The van der Waals surface area contributed by atoms with E-state index in [1.54, 1.807) is 0 Å². The van der Waals surface area contributed by atoms with Crippen LogP contribution in [0.25, 0.3) is 0 Å². The lowest BCUT2D eigenvalue weighted by molar-refractivity contribution is -0.260. The van der Waals surface area contributed by atoms with E-state index in [4.69, 9.17) is 0 Å². The third kappa shape index (κ3) is 0.909. The minimum Gasteiger partial charge on any atom is -0.240 e. The average Bonchev–Trinajstić information content (AvgIpc) is 2.47. The topological polar surface area (TPSA) is 75.3 Å². The zero-order valence-electron chi connectivity index (χ0n) is 5.75. The third-order valence-electron chi connectivity index (χ3n) is 1.36. The lowest BCUT2D eigenvalue weighted by atomic mass is 10.5. The van der Waals surface area contributed by atoms with Crippen molar-refractivity contribution >= 4 is 28.3 Å². The van der Waals surface area contributed by atoms with Crippen molar-refractivity contribution in [1.29, 1.82) is 0 Å². The number of hydrogen-bond acceptors (Lipinski definition) is 5. The molecule has 2 rings (SSSR count). The standard InChI is InChI=1S/C5H3N4O2S/c10-12(11)9-3-8-5-4(9)1-6-2-7-5/h1-3H/q+1. The fourth-order valence-electron chi connectivity index (χ4n) is 0.859. The Labute approximate surface area is 68.9 Å². The largest absolute Gasteiger partial charge is 0.385 e. The number of rotatable bonds is 0. The van der Waals surface area contributed by atoms with Gasteiger partial charge >= 0.3 is 22.7 Å². The van der Waals surface area contributed by atoms with Crippen LogP contribution in [-0.4, -0.2) is 28.7 Å². The van der Waals surface area contributed by atoms with Gasteiger partial charge in [-0.25, -0.2) is 4.98 Å². The molecule has 0 aliphatic carbocycles. The van der Waals surface area contributed by atoms with E-state index in [9.17, 15) is 8.42 Å². The Hall–Kier alpha value is -1.63. The monoisotopic (exact) mass is 183 g/mol. The van der Waals surface area contributed by atoms with Gasteiger partial charge in [-0.15, -0.1) is 8.42 Å². The van der Waals surface area contributed by atoms with Gasteiger partial charge in [-0.3, -0.25) is 0 Å². The van der Waals surface area contributed by atoms with Gasteiger partial charge in [0.15, 0.2) is 0 Å². The molecule has 7 heteroatoms. The molecule has 1 aliphatic rings. The van der Waals surface area contributed by atoms with E-state index in [0.717, 1.165) is 3.95 Å². The van der Waals surface area contributed by atoms with E-state index in [-0.39, 0.29) is 0 Å². The van der Waals surface area contributed by atoms with E-state index in [2.05, 4.69) is 15.0 Å². The summed E-state index contributed by atoms with van der Waals surface area (Å²) >= 11 is 0. The first kappa shape index (κ1) is 7.04. The Bertz CT molecular complexity index is 482. The van der Waals surface area contributed by atoms with Crippen molar-refractivity contribution in [3.63, 3.8) is 0 Å². The molecule has 0 aromatic carbocycles. The van der Waals surface area contributed by atoms with Gasteiger partial charge in [-0.2, -0.15) is 4.98 Å². The third-order valence-corrected chi connectivity index (χ3v) is 1.97. The molecule has 0 amide bonds. The molecule has 0 bridgehead atoms. The molecular formula is C5H3N4O2S+. The molecule has 0 saturated heterocycles. The second-order valence-corrected chi connectivity index (χ2v) is 2.85. The fraction of sp³-hybridized carbons (Fsp3) is 0. The van der Waals surface area contributed by atoms with Gasteiger partial charge < -0.3 is 0 Å². The maximum Gasteiger partial charge on any atom is 0.385 e. The maximum atomic E-state index is 10.5. The first-order chi connectivity index (χ1) is 5.79. The lowest BCUT2D eigenvalue weighted by Gasteiger charge is -1.84. The van der Waals surface area contributed by atoms with Crippen LogP contribution in [0.4, 0.5) is 11.5 Å². The van der Waals surface area contributed by atoms with Crippen LogP contribution < -0.4 is 0 Å². The molecule has 0 atom stereocenters. The Balaban J connectivity index is 2.81. The van der Waals surface area contributed by atoms with Gasteiger partial charge in [-0.1, -0.05) is 3.95 Å². The first-order valence-electron chi connectivity index (χ1n) is 3.02. The summed E-state index contributed by atoms with van der Waals surface area (Å²) in [6.07, 6.45) is 3.89. The molecule has 0 fully saturated rings. The van der Waals surface area contributed by atoms with E-state index in [1.165, 1.54) is 18.9 Å². The molecule has 6 nitrogen and oxygen atoms in total. The number of aromatic nitrogens is 2. The van der Waals surface area contributed by atoms with Crippen molar-refractivity contribution in [3.05, 3.63) is 12.5 Å². The van der Waals surface area contributed by atoms with Gasteiger partial charge in [-0.05, 0) is 4.99 Å². The van der Waals surface area contributed by atoms with Gasteiger partial charge in [0.25, 0.3) is 0 Å². The Morgan fingerprint density at radius 1 is 1.42 bits per heavy atom. The first-order valence-corrected chi connectivity index (χ1v) is 4.05. The number of nitrogens with zero attached hydrogens (tertiary/aromatic N) is 4. The summed E-state index contributed by atoms with van der Waals surface area (Å²) in [5.74, 6) is 0.370. The number of hydrogen-bond donors (Lipinski definition) is 0. The molecule has 60 valence electrons. The molecule has 2 heterocycles. The SMILES string of the molecule is O=S(=O)=[N+]1C=Nc2ncncc21. The molecule has 1 aromatic heterocycles. The van der Waals surface area contributed by atoms with E-state index in [1.807, 2.05) is 0 Å². The summed E-state index contributed by atoms with van der Waals surface area (Å²) in [7, 11) is -2.35. The highest BCUT2D eigenvalue weighted by atomic mass is 32.2. The summed E-state index contributed by atoms with van der Waals surface area (Å²) in [5.41, 5.74) is 0.380. The predicted octanol–water partition coefficient (Wildman–Crippen LogP) is -0.143. The molecule has 12 heavy (non-hydrogen) atoms. The van der Waals surface area contributed by atoms with Crippen molar-refractivity contribution in [1.82, 2.24) is 9.97 Å². The minimum atomic E-state index is -2.35. The Kier molecular flexibility index (Phi) is 1.44. The van der Waals surface area contributed by atoms with Crippen LogP contribution in [0.1, 0.15) is 0 Å². The number of aliphatic imine (C=N–C) groups is 1. The molecule has 0 spiro atoms. The molecule has 0 N–H and O–H groups in total. The van der Waals surface area contributed by atoms with Crippen LogP contribution in [0.2, 0.25) is 0 Å². The Morgan fingerprint density at radius 3 is 3.00 bits per heavy atom. The zero-order valence-corrected chi connectivity index (χ0v) is 6.56. The zero-order chi connectivity index (χ0) is 8.55. The van der Waals surface area contributed by atoms with Crippen LogP contribution in [0.3, 0.4) is 0 Å². The van der Waals surface area contributed by atoms with E-state index in [0.29, 0.717) is 11.5 Å². The summed E-state index contributed by atoms with van der Waals surface area (Å²) in [6, 6.07) is 0. The van der Waals surface area contributed by atoms with Gasteiger partial charge in [0.2, 0.25) is 5.69 Å². The highest BCUT2D eigenvalue weighted by Gasteiger charge is 2.23. The van der Waals surface area contributed by atoms with E-state index >= 15 is 0 Å². The molecule has 0 unspecified atom stereocenters. The fourth-order valence-corrected chi connectivity index (χ4v) is 1.27. The van der Waals surface area contributed by atoms with Crippen LogP contribution in [0.15, 0.2) is 17.5 Å². The van der Waals surface area contributed by atoms with Crippen molar-refractivity contribution in [3.8, 4) is 0 Å². The smallest absolute Gasteiger partial charge is 0.240 e. The van der Waals surface area contributed by atoms with Crippen molar-refractivity contribution in [2.75, 3.05) is 0 Å². The van der Waals surface area contributed by atoms with Crippen LogP contribution in [0, 0.1) is 0 Å². The van der Waals surface area contributed by atoms with Crippen molar-refractivity contribution in [2.24, 2.45) is 4.99 Å².